The van der Waals surface area contributed by atoms with Crippen molar-refractivity contribution in [3.8, 4) is 0 Å². The van der Waals surface area contributed by atoms with E-state index in [0.717, 1.165) is 13.1 Å². The molecule has 0 aliphatic carbocycles. The number of carbonyl (C=O) groups is 1. The summed E-state index contributed by atoms with van der Waals surface area (Å²) < 4.78 is 5.12. The molecule has 1 amide bonds. The van der Waals surface area contributed by atoms with E-state index >= 15 is 0 Å². The molecule has 0 aliphatic rings. The number of rotatable bonds is 6. The summed E-state index contributed by atoms with van der Waals surface area (Å²) in [5.41, 5.74) is -0.434. The number of hydrogen-bond donors (Lipinski definition) is 2. The molecule has 0 aromatic rings. The first kappa shape index (κ1) is 16.2. The van der Waals surface area contributed by atoms with E-state index in [-0.39, 0.29) is 6.09 Å². The van der Waals surface area contributed by atoms with Crippen LogP contribution in [-0.4, -0.2) is 56.4 Å². The van der Waals surface area contributed by atoms with Crippen LogP contribution in [0, 0.1) is 0 Å². The van der Waals surface area contributed by atoms with Crippen molar-refractivity contribution >= 4 is 6.09 Å². The van der Waals surface area contributed by atoms with Crippen LogP contribution >= 0.6 is 0 Å². The van der Waals surface area contributed by atoms with Crippen molar-refractivity contribution < 1.29 is 9.53 Å². The molecule has 0 aromatic heterocycles. The zero-order chi connectivity index (χ0) is 13.5. The highest BCUT2D eigenvalue weighted by molar-refractivity contribution is 5.67. The van der Waals surface area contributed by atoms with Gasteiger partial charge < -0.3 is 20.3 Å². The van der Waals surface area contributed by atoms with Crippen LogP contribution in [0.3, 0.4) is 0 Å². The van der Waals surface area contributed by atoms with E-state index in [1.807, 2.05) is 34.9 Å². The number of ether oxygens (including phenoxy) is 1. The zero-order valence-electron chi connectivity index (χ0n) is 12.0. The first-order valence-electron chi connectivity index (χ1n) is 6.06. The Labute approximate surface area is 105 Å². The molecular weight excluding hydrogens is 218 g/mol. The Morgan fingerprint density at radius 1 is 1.29 bits per heavy atom. The number of alkyl carbamates (subject to hydrolysis) is 1. The van der Waals surface area contributed by atoms with Gasteiger partial charge in [-0.15, -0.1) is 0 Å². The van der Waals surface area contributed by atoms with E-state index in [1.54, 1.807) is 0 Å². The lowest BCUT2D eigenvalue weighted by Gasteiger charge is -2.21. The van der Waals surface area contributed by atoms with Gasteiger partial charge in [0, 0.05) is 25.7 Å². The standard InChI is InChI=1S/C12H27N3O2/c1-10(15(5)6)9-13-7-8-14-11(16)17-12(2,3)4/h10,13H,7-9H2,1-6H3,(H,14,16). The van der Waals surface area contributed by atoms with Gasteiger partial charge in [-0.05, 0) is 41.8 Å². The molecule has 5 heteroatoms. The third kappa shape index (κ3) is 10.1. The minimum Gasteiger partial charge on any atom is -0.444 e. The maximum atomic E-state index is 11.3. The van der Waals surface area contributed by atoms with Crippen molar-refractivity contribution in [1.29, 1.82) is 0 Å². The summed E-state index contributed by atoms with van der Waals surface area (Å²) in [7, 11) is 4.09. The van der Waals surface area contributed by atoms with E-state index in [9.17, 15) is 4.79 Å². The number of hydrogen-bond acceptors (Lipinski definition) is 4. The van der Waals surface area contributed by atoms with Gasteiger partial charge in [-0.2, -0.15) is 0 Å². The first-order chi connectivity index (χ1) is 7.72. The topological polar surface area (TPSA) is 53.6 Å². The van der Waals surface area contributed by atoms with Crippen LogP contribution in [0.1, 0.15) is 27.7 Å². The number of nitrogens with one attached hydrogen (secondary N) is 2. The molecule has 0 rings (SSSR count). The molecule has 102 valence electrons. The lowest BCUT2D eigenvalue weighted by Crippen LogP contribution is -2.40. The van der Waals surface area contributed by atoms with Crippen LogP contribution in [0.4, 0.5) is 4.79 Å². The van der Waals surface area contributed by atoms with Gasteiger partial charge in [-0.25, -0.2) is 4.79 Å². The average Bonchev–Trinajstić information content (AvgIpc) is 2.13. The fourth-order valence-corrected chi connectivity index (χ4v) is 1.06. The lowest BCUT2D eigenvalue weighted by atomic mass is 10.2. The second kappa shape index (κ2) is 7.50. The second-order valence-electron chi connectivity index (χ2n) is 5.45. The van der Waals surface area contributed by atoms with Gasteiger partial charge in [0.05, 0.1) is 0 Å². The fourth-order valence-electron chi connectivity index (χ4n) is 1.06. The van der Waals surface area contributed by atoms with E-state index in [0.29, 0.717) is 12.6 Å². The van der Waals surface area contributed by atoms with Gasteiger partial charge in [-0.1, -0.05) is 0 Å². The molecule has 1 atom stereocenters. The summed E-state index contributed by atoms with van der Waals surface area (Å²) in [6, 6.07) is 0.483. The SMILES string of the molecule is CC(CNCCNC(=O)OC(C)(C)C)N(C)C. The molecule has 1 unspecified atom stereocenters. The lowest BCUT2D eigenvalue weighted by molar-refractivity contribution is 0.0528. The highest BCUT2D eigenvalue weighted by Gasteiger charge is 2.15. The van der Waals surface area contributed by atoms with Crippen LogP contribution in [0.2, 0.25) is 0 Å². The minimum absolute atomic E-state index is 0.361. The van der Waals surface area contributed by atoms with Crippen LogP contribution in [-0.2, 0) is 4.74 Å². The van der Waals surface area contributed by atoms with E-state index in [1.165, 1.54) is 0 Å². The smallest absolute Gasteiger partial charge is 0.407 e. The quantitative estimate of drug-likeness (QED) is 0.687. The second-order valence-corrected chi connectivity index (χ2v) is 5.45. The Kier molecular flexibility index (Phi) is 7.15. The Balaban J connectivity index is 3.49. The third-order valence-corrected chi connectivity index (χ3v) is 2.29. The van der Waals surface area contributed by atoms with Crippen molar-refractivity contribution in [2.24, 2.45) is 0 Å². The summed E-state index contributed by atoms with van der Waals surface area (Å²) in [6.07, 6.45) is -0.361. The van der Waals surface area contributed by atoms with Crippen molar-refractivity contribution in [3.05, 3.63) is 0 Å². The van der Waals surface area contributed by atoms with Gasteiger partial charge in [0.25, 0.3) is 0 Å². The Morgan fingerprint density at radius 3 is 2.35 bits per heavy atom. The summed E-state index contributed by atoms with van der Waals surface area (Å²) in [5, 5.41) is 5.98. The number of amides is 1. The minimum atomic E-state index is -0.434. The van der Waals surface area contributed by atoms with Gasteiger partial charge in [0.15, 0.2) is 0 Å². The summed E-state index contributed by atoms with van der Waals surface area (Å²) in [6.45, 7) is 9.93. The molecule has 0 radical (unpaired) electrons. The Bertz CT molecular complexity index is 224. The fraction of sp³-hybridized carbons (Fsp3) is 0.917. The van der Waals surface area contributed by atoms with Crippen molar-refractivity contribution in [2.45, 2.75) is 39.3 Å². The molecule has 0 heterocycles. The average molecular weight is 245 g/mol. The predicted molar refractivity (Wildman–Crippen MR) is 70.3 cm³/mol. The monoisotopic (exact) mass is 245 g/mol. The highest BCUT2D eigenvalue weighted by atomic mass is 16.6. The maximum absolute atomic E-state index is 11.3. The third-order valence-electron chi connectivity index (χ3n) is 2.29. The van der Waals surface area contributed by atoms with Gasteiger partial charge in [0.2, 0.25) is 0 Å². The van der Waals surface area contributed by atoms with E-state index in [4.69, 9.17) is 4.74 Å². The predicted octanol–water partition coefficient (Wildman–Crippen LogP) is 1.05. The molecule has 0 fully saturated rings. The van der Waals surface area contributed by atoms with Crippen LogP contribution in [0.5, 0.6) is 0 Å². The molecule has 0 saturated carbocycles. The molecule has 5 nitrogen and oxygen atoms in total. The first-order valence-corrected chi connectivity index (χ1v) is 6.06. The molecular formula is C12H27N3O2. The Morgan fingerprint density at radius 2 is 1.88 bits per heavy atom. The number of nitrogens with zero attached hydrogens (tertiary/aromatic N) is 1. The maximum Gasteiger partial charge on any atom is 0.407 e. The summed E-state index contributed by atoms with van der Waals surface area (Å²) in [5.74, 6) is 0. The van der Waals surface area contributed by atoms with Crippen molar-refractivity contribution in [2.75, 3.05) is 33.7 Å². The van der Waals surface area contributed by atoms with Crippen LogP contribution < -0.4 is 10.6 Å². The van der Waals surface area contributed by atoms with Crippen molar-refractivity contribution in [1.82, 2.24) is 15.5 Å². The largest absolute Gasteiger partial charge is 0.444 e. The summed E-state index contributed by atoms with van der Waals surface area (Å²) in [4.78, 5) is 13.4. The van der Waals surface area contributed by atoms with Crippen molar-refractivity contribution in [3.63, 3.8) is 0 Å². The normalized spacial score (nSPS) is 13.6. The van der Waals surface area contributed by atoms with Gasteiger partial charge >= 0.3 is 6.09 Å². The molecule has 0 aromatic carbocycles. The molecule has 0 aliphatic heterocycles. The zero-order valence-corrected chi connectivity index (χ0v) is 12.0. The highest BCUT2D eigenvalue weighted by Crippen LogP contribution is 2.05. The molecule has 0 spiro atoms. The molecule has 0 saturated heterocycles. The van der Waals surface area contributed by atoms with E-state index < -0.39 is 5.60 Å². The summed E-state index contributed by atoms with van der Waals surface area (Å²) >= 11 is 0. The molecule has 2 N–H and O–H groups in total. The molecule has 0 bridgehead atoms. The van der Waals surface area contributed by atoms with E-state index in [2.05, 4.69) is 22.5 Å². The number of carbonyl (C=O) groups excluding carboxylic acids is 1. The molecule has 17 heavy (non-hydrogen) atoms. The van der Waals surface area contributed by atoms with Gasteiger partial charge in [-0.3, -0.25) is 0 Å². The van der Waals surface area contributed by atoms with Gasteiger partial charge in [0.1, 0.15) is 5.60 Å². The van der Waals surface area contributed by atoms with Crippen LogP contribution in [0.25, 0.3) is 0 Å². The van der Waals surface area contributed by atoms with Crippen LogP contribution in [0.15, 0.2) is 0 Å². The Hall–Kier alpha value is -0.810. The number of likely N-dealkylation sites (N-methyl/N-ethyl adjacent to an activating group) is 1.